The SMILES string of the molecule is O=CC/C=C/CCCCCCCCCOC1CCCCO1. The van der Waals surface area contributed by atoms with Crippen molar-refractivity contribution in [1.29, 1.82) is 0 Å². The molecular weight excluding hydrogens is 264 g/mol. The summed E-state index contributed by atoms with van der Waals surface area (Å²) in [5.74, 6) is 0. The molecule has 0 spiro atoms. The van der Waals surface area contributed by atoms with Gasteiger partial charge in [0.05, 0.1) is 0 Å². The molecule has 21 heavy (non-hydrogen) atoms. The summed E-state index contributed by atoms with van der Waals surface area (Å²) in [5.41, 5.74) is 0. The Hall–Kier alpha value is -0.670. The Bertz CT molecular complexity index is 257. The van der Waals surface area contributed by atoms with E-state index in [2.05, 4.69) is 6.08 Å². The normalized spacial score (nSPS) is 19.1. The predicted molar refractivity (Wildman–Crippen MR) is 86.3 cm³/mol. The van der Waals surface area contributed by atoms with Gasteiger partial charge < -0.3 is 14.3 Å². The van der Waals surface area contributed by atoms with Crippen LogP contribution in [0.15, 0.2) is 12.2 Å². The van der Waals surface area contributed by atoms with Crippen molar-refractivity contribution in [1.82, 2.24) is 0 Å². The molecule has 1 unspecified atom stereocenters. The van der Waals surface area contributed by atoms with Crippen molar-refractivity contribution in [3.05, 3.63) is 12.2 Å². The van der Waals surface area contributed by atoms with E-state index in [0.29, 0.717) is 6.42 Å². The Labute approximate surface area is 130 Å². The number of carbonyl (C=O) groups excluding carboxylic acids is 1. The van der Waals surface area contributed by atoms with E-state index in [4.69, 9.17) is 9.47 Å². The number of unbranched alkanes of at least 4 members (excludes halogenated alkanes) is 7. The average molecular weight is 296 g/mol. The van der Waals surface area contributed by atoms with Gasteiger partial charge >= 0.3 is 0 Å². The molecule has 1 atom stereocenters. The van der Waals surface area contributed by atoms with Crippen molar-refractivity contribution in [3.8, 4) is 0 Å². The fraction of sp³-hybridized carbons (Fsp3) is 0.833. The molecule has 1 rings (SSSR count). The van der Waals surface area contributed by atoms with E-state index in [9.17, 15) is 4.79 Å². The maximum absolute atomic E-state index is 10.1. The van der Waals surface area contributed by atoms with Crippen LogP contribution in [0.2, 0.25) is 0 Å². The number of aldehydes is 1. The third kappa shape index (κ3) is 11.6. The van der Waals surface area contributed by atoms with Crippen molar-refractivity contribution in [3.63, 3.8) is 0 Å². The standard InChI is InChI=1S/C18H32O3/c19-15-11-8-6-4-2-1-3-5-7-9-12-16-20-18-14-10-13-17-21-18/h6,8,15,18H,1-5,7,9-14,16-17H2/b8-6+. The Kier molecular flexibility index (Phi) is 12.5. The molecule has 3 nitrogen and oxygen atoms in total. The van der Waals surface area contributed by atoms with Gasteiger partial charge in [0, 0.05) is 19.6 Å². The third-order valence-electron chi connectivity index (χ3n) is 3.86. The summed E-state index contributed by atoms with van der Waals surface area (Å²) in [6, 6.07) is 0. The number of rotatable bonds is 13. The van der Waals surface area contributed by atoms with Gasteiger partial charge in [-0.3, -0.25) is 0 Å². The van der Waals surface area contributed by atoms with Crippen molar-refractivity contribution in [2.24, 2.45) is 0 Å². The summed E-state index contributed by atoms with van der Waals surface area (Å²) in [6.45, 7) is 1.72. The lowest BCUT2D eigenvalue weighted by molar-refractivity contribution is -0.162. The maximum Gasteiger partial charge on any atom is 0.157 e. The summed E-state index contributed by atoms with van der Waals surface area (Å²) >= 11 is 0. The second kappa shape index (κ2) is 14.3. The molecule has 0 saturated carbocycles. The molecule has 122 valence electrons. The van der Waals surface area contributed by atoms with Gasteiger partial charge in [0.15, 0.2) is 6.29 Å². The summed E-state index contributed by atoms with van der Waals surface area (Å²) in [7, 11) is 0. The predicted octanol–water partition coefficient (Wildman–Crippen LogP) is 4.80. The lowest BCUT2D eigenvalue weighted by Crippen LogP contribution is -2.22. The molecule has 1 saturated heterocycles. The summed E-state index contributed by atoms with van der Waals surface area (Å²) in [5, 5.41) is 0. The molecule has 0 aromatic heterocycles. The van der Waals surface area contributed by atoms with Crippen LogP contribution >= 0.6 is 0 Å². The molecule has 0 radical (unpaired) electrons. The zero-order chi connectivity index (χ0) is 15.0. The summed E-state index contributed by atoms with van der Waals surface area (Å²) < 4.78 is 11.3. The Balaban J connectivity index is 1.73. The van der Waals surface area contributed by atoms with Crippen LogP contribution in [0.3, 0.4) is 0 Å². The molecule has 3 heteroatoms. The minimum absolute atomic E-state index is 0.0750. The molecule has 0 N–H and O–H groups in total. The molecule has 1 aliphatic heterocycles. The van der Waals surface area contributed by atoms with Crippen LogP contribution in [0, 0.1) is 0 Å². The first-order valence-corrected chi connectivity index (χ1v) is 8.75. The van der Waals surface area contributed by atoms with E-state index in [1.807, 2.05) is 6.08 Å². The fourth-order valence-corrected chi connectivity index (χ4v) is 2.58. The van der Waals surface area contributed by atoms with Crippen LogP contribution in [0.4, 0.5) is 0 Å². The molecule has 1 fully saturated rings. The van der Waals surface area contributed by atoms with Gasteiger partial charge in [0.1, 0.15) is 6.29 Å². The number of carbonyl (C=O) groups is 1. The topological polar surface area (TPSA) is 35.5 Å². The molecule has 1 aliphatic rings. The minimum atomic E-state index is 0.0750. The fourth-order valence-electron chi connectivity index (χ4n) is 2.58. The van der Waals surface area contributed by atoms with Crippen LogP contribution in [-0.2, 0) is 14.3 Å². The highest BCUT2D eigenvalue weighted by atomic mass is 16.7. The summed E-state index contributed by atoms with van der Waals surface area (Å²) in [6.07, 6.45) is 19.2. The van der Waals surface area contributed by atoms with Gasteiger partial charge in [0.2, 0.25) is 0 Å². The smallest absolute Gasteiger partial charge is 0.157 e. The van der Waals surface area contributed by atoms with E-state index in [0.717, 1.165) is 38.8 Å². The second-order valence-electron chi connectivity index (χ2n) is 5.80. The molecule has 0 aliphatic carbocycles. The van der Waals surface area contributed by atoms with E-state index in [1.54, 1.807) is 0 Å². The van der Waals surface area contributed by atoms with Gasteiger partial charge in [0.25, 0.3) is 0 Å². The van der Waals surface area contributed by atoms with Crippen LogP contribution in [-0.4, -0.2) is 25.8 Å². The lowest BCUT2D eigenvalue weighted by Gasteiger charge is -2.22. The van der Waals surface area contributed by atoms with Gasteiger partial charge in [-0.2, -0.15) is 0 Å². The first-order valence-electron chi connectivity index (χ1n) is 8.75. The number of hydrogen-bond donors (Lipinski definition) is 0. The quantitative estimate of drug-likeness (QED) is 0.278. The van der Waals surface area contributed by atoms with Gasteiger partial charge in [-0.15, -0.1) is 0 Å². The van der Waals surface area contributed by atoms with E-state index < -0.39 is 0 Å². The molecule has 1 heterocycles. The molecule has 0 amide bonds. The third-order valence-corrected chi connectivity index (χ3v) is 3.86. The highest BCUT2D eigenvalue weighted by Crippen LogP contribution is 2.14. The number of allylic oxidation sites excluding steroid dienone is 2. The Morgan fingerprint density at radius 2 is 1.71 bits per heavy atom. The summed E-state index contributed by atoms with van der Waals surface area (Å²) in [4.78, 5) is 10.1. The van der Waals surface area contributed by atoms with Crippen LogP contribution < -0.4 is 0 Å². The van der Waals surface area contributed by atoms with Gasteiger partial charge in [-0.1, -0.05) is 44.3 Å². The first kappa shape index (κ1) is 18.4. The van der Waals surface area contributed by atoms with Gasteiger partial charge in [-0.25, -0.2) is 0 Å². The largest absolute Gasteiger partial charge is 0.353 e. The molecule has 0 aromatic carbocycles. The monoisotopic (exact) mass is 296 g/mol. The van der Waals surface area contributed by atoms with E-state index >= 15 is 0 Å². The van der Waals surface area contributed by atoms with E-state index in [-0.39, 0.29) is 6.29 Å². The average Bonchev–Trinajstić information content (AvgIpc) is 2.53. The minimum Gasteiger partial charge on any atom is -0.353 e. The van der Waals surface area contributed by atoms with Crippen LogP contribution in [0.5, 0.6) is 0 Å². The lowest BCUT2D eigenvalue weighted by atomic mass is 10.1. The zero-order valence-corrected chi connectivity index (χ0v) is 13.4. The van der Waals surface area contributed by atoms with E-state index in [1.165, 1.54) is 51.4 Å². The maximum atomic E-state index is 10.1. The van der Waals surface area contributed by atoms with Crippen molar-refractivity contribution in [2.45, 2.75) is 83.3 Å². The molecular formula is C18H32O3. The molecule has 0 aromatic rings. The first-order chi connectivity index (χ1) is 10.4. The number of hydrogen-bond acceptors (Lipinski definition) is 3. The Morgan fingerprint density at radius 3 is 2.43 bits per heavy atom. The number of ether oxygens (including phenoxy) is 2. The van der Waals surface area contributed by atoms with Crippen molar-refractivity contribution in [2.75, 3.05) is 13.2 Å². The Morgan fingerprint density at radius 1 is 0.952 bits per heavy atom. The highest BCUT2D eigenvalue weighted by Gasteiger charge is 2.13. The highest BCUT2D eigenvalue weighted by molar-refractivity contribution is 5.51. The zero-order valence-electron chi connectivity index (χ0n) is 13.4. The van der Waals surface area contributed by atoms with Crippen LogP contribution in [0.25, 0.3) is 0 Å². The van der Waals surface area contributed by atoms with Crippen LogP contribution in [0.1, 0.15) is 77.0 Å². The second-order valence-corrected chi connectivity index (χ2v) is 5.80. The van der Waals surface area contributed by atoms with Crippen molar-refractivity contribution >= 4 is 6.29 Å². The molecule has 0 bridgehead atoms. The van der Waals surface area contributed by atoms with Gasteiger partial charge in [-0.05, 0) is 38.5 Å². The van der Waals surface area contributed by atoms with Crippen molar-refractivity contribution < 1.29 is 14.3 Å².